The summed E-state index contributed by atoms with van der Waals surface area (Å²) in [5, 5.41) is 0.527. The molecule has 0 bridgehead atoms. The van der Waals surface area contributed by atoms with E-state index in [2.05, 4.69) is 0 Å². The van der Waals surface area contributed by atoms with Crippen LogP contribution in [-0.2, 0) is 0 Å². The van der Waals surface area contributed by atoms with Crippen LogP contribution in [0.4, 0.5) is 4.39 Å². The fraction of sp³-hybridized carbons (Fsp3) is 0. The van der Waals surface area contributed by atoms with Crippen LogP contribution in [0.5, 0.6) is 0 Å². The maximum atomic E-state index is 13.1. The number of furan rings is 1. The van der Waals surface area contributed by atoms with Crippen LogP contribution in [0.25, 0.3) is 11.0 Å². The molecule has 0 saturated carbocycles. The minimum Gasteiger partial charge on any atom is -0.452 e. The van der Waals surface area contributed by atoms with Gasteiger partial charge in [0.15, 0.2) is 17.6 Å². The molecule has 2 rings (SSSR count). The van der Waals surface area contributed by atoms with Crippen molar-refractivity contribution in [3.8, 4) is 0 Å². The van der Waals surface area contributed by atoms with Crippen molar-refractivity contribution in [1.29, 1.82) is 0 Å². The number of rotatable bonds is 1. The molecule has 0 radical (unpaired) electrons. The lowest BCUT2D eigenvalue weighted by molar-refractivity contribution is 0.110. The Balaban J connectivity index is 2.87. The highest BCUT2D eigenvalue weighted by Gasteiger charge is 2.10. The molecule has 0 aliphatic carbocycles. The lowest BCUT2D eigenvalue weighted by Crippen LogP contribution is -1.73. The van der Waals surface area contributed by atoms with Gasteiger partial charge in [-0.05, 0) is 18.2 Å². The number of hydrogen-bond acceptors (Lipinski definition) is 2. The Morgan fingerprint density at radius 3 is 2.85 bits per heavy atom. The minimum absolute atomic E-state index is 0.0713. The highest BCUT2D eigenvalue weighted by Crippen LogP contribution is 2.28. The van der Waals surface area contributed by atoms with Gasteiger partial charge in [-0.2, -0.15) is 0 Å². The number of halogens is 2. The van der Waals surface area contributed by atoms with Gasteiger partial charge in [0.2, 0.25) is 0 Å². The summed E-state index contributed by atoms with van der Waals surface area (Å²) in [7, 11) is 0. The third-order valence-corrected chi connectivity index (χ3v) is 2.02. The van der Waals surface area contributed by atoms with Gasteiger partial charge in [-0.1, -0.05) is 11.6 Å². The average molecular weight is 199 g/mol. The summed E-state index contributed by atoms with van der Waals surface area (Å²) in [6.07, 6.45) is 0.510. The highest BCUT2D eigenvalue weighted by atomic mass is 35.5. The zero-order chi connectivity index (χ0) is 9.42. The van der Waals surface area contributed by atoms with E-state index in [1.54, 1.807) is 0 Å². The van der Waals surface area contributed by atoms with Gasteiger partial charge in [0.1, 0.15) is 5.82 Å². The van der Waals surface area contributed by atoms with Crippen LogP contribution in [0, 0.1) is 5.82 Å². The number of fused-ring (bicyclic) bond motifs is 1. The predicted octanol–water partition coefficient (Wildman–Crippen LogP) is 3.04. The Morgan fingerprint density at radius 2 is 2.23 bits per heavy atom. The monoisotopic (exact) mass is 198 g/mol. The van der Waals surface area contributed by atoms with Crippen LogP contribution in [0.2, 0.25) is 5.02 Å². The van der Waals surface area contributed by atoms with Gasteiger partial charge >= 0.3 is 0 Å². The molecule has 0 fully saturated rings. The average Bonchev–Trinajstić information content (AvgIpc) is 2.56. The van der Waals surface area contributed by atoms with Gasteiger partial charge in [-0.25, -0.2) is 4.39 Å². The number of benzene rings is 1. The smallest absolute Gasteiger partial charge is 0.185 e. The van der Waals surface area contributed by atoms with Gasteiger partial charge in [-0.3, -0.25) is 4.79 Å². The fourth-order valence-corrected chi connectivity index (χ4v) is 1.34. The molecule has 0 saturated heterocycles. The quantitative estimate of drug-likeness (QED) is 0.660. The largest absolute Gasteiger partial charge is 0.452 e. The van der Waals surface area contributed by atoms with Crippen molar-refractivity contribution in [2.24, 2.45) is 0 Å². The number of aldehydes is 1. The topological polar surface area (TPSA) is 30.2 Å². The molecule has 0 N–H and O–H groups in total. The van der Waals surface area contributed by atoms with E-state index < -0.39 is 5.82 Å². The fourth-order valence-electron chi connectivity index (χ4n) is 1.13. The zero-order valence-electron chi connectivity index (χ0n) is 6.38. The number of hydrogen-bond donors (Lipinski definition) is 0. The summed E-state index contributed by atoms with van der Waals surface area (Å²) in [6.45, 7) is 0. The van der Waals surface area contributed by atoms with Crippen molar-refractivity contribution in [1.82, 2.24) is 0 Å². The van der Waals surface area contributed by atoms with Crippen molar-refractivity contribution < 1.29 is 13.6 Å². The molecule has 0 spiro atoms. The normalized spacial score (nSPS) is 10.6. The van der Waals surface area contributed by atoms with E-state index in [4.69, 9.17) is 16.0 Å². The van der Waals surface area contributed by atoms with Crippen molar-refractivity contribution >= 4 is 28.9 Å². The minimum atomic E-state index is -0.448. The summed E-state index contributed by atoms with van der Waals surface area (Å²) in [4.78, 5) is 10.3. The Bertz CT molecular complexity index is 437. The van der Waals surface area contributed by atoms with Gasteiger partial charge in [0, 0.05) is 0 Å². The Labute approximate surface area is 77.9 Å². The molecule has 2 nitrogen and oxygen atoms in total. The second kappa shape index (κ2) is 2.85. The zero-order valence-corrected chi connectivity index (χ0v) is 7.14. The second-order valence-electron chi connectivity index (χ2n) is 2.54. The van der Waals surface area contributed by atoms with E-state index >= 15 is 0 Å². The van der Waals surface area contributed by atoms with Gasteiger partial charge in [0.05, 0.1) is 10.4 Å². The molecule has 0 aliphatic heterocycles. The van der Waals surface area contributed by atoms with E-state index in [0.29, 0.717) is 11.3 Å². The third-order valence-electron chi connectivity index (χ3n) is 1.72. The molecular formula is C9H4ClFO2. The van der Waals surface area contributed by atoms with Crippen LogP contribution < -0.4 is 0 Å². The number of carbonyl (C=O) groups excluding carboxylic acids is 1. The van der Waals surface area contributed by atoms with E-state index in [9.17, 15) is 9.18 Å². The molecule has 1 heterocycles. The Hall–Kier alpha value is -1.35. The molecule has 0 atom stereocenters. The summed E-state index contributed by atoms with van der Waals surface area (Å²) < 4.78 is 18.1. The molecule has 0 unspecified atom stereocenters. The van der Waals surface area contributed by atoms with Crippen LogP contribution in [0.3, 0.4) is 0 Å². The lowest BCUT2D eigenvalue weighted by atomic mass is 10.2. The molecule has 2 aromatic rings. The number of carbonyl (C=O) groups is 1. The van der Waals surface area contributed by atoms with E-state index in [0.717, 1.165) is 0 Å². The first-order valence-corrected chi connectivity index (χ1v) is 3.93. The first kappa shape index (κ1) is 8.26. The summed E-state index contributed by atoms with van der Waals surface area (Å²) in [6, 6.07) is 3.94. The molecule has 4 heteroatoms. The summed E-state index contributed by atoms with van der Waals surface area (Å²) >= 11 is 5.72. The van der Waals surface area contributed by atoms with Crippen molar-refractivity contribution in [3.05, 3.63) is 34.8 Å². The molecule has 0 aliphatic rings. The molecule has 0 amide bonds. The summed E-state index contributed by atoms with van der Waals surface area (Å²) in [5.41, 5.74) is 0.212. The van der Waals surface area contributed by atoms with Crippen LogP contribution >= 0.6 is 11.6 Å². The van der Waals surface area contributed by atoms with Gasteiger partial charge in [0.25, 0.3) is 0 Å². The van der Waals surface area contributed by atoms with E-state index in [1.165, 1.54) is 18.2 Å². The SMILES string of the molecule is O=Cc1cc2c(F)ccc(Cl)c2o1. The Morgan fingerprint density at radius 1 is 1.46 bits per heavy atom. The van der Waals surface area contributed by atoms with Crippen LogP contribution in [0.15, 0.2) is 22.6 Å². The second-order valence-corrected chi connectivity index (χ2v) is 2.95. The molecule has 1 aromatic heterocycles. The molecule has 1 aromatic carbocycles. The van der Waals surface area contributed by atoms with E-state index in [1.807, 2.05) is 0 Å². The van der Waals surface area contributed by atoms with Gasteiger partial charge in [-0.15, -0.1) is 0 Å². The third kappa shape index (κ3) is 1.21. The van der Waals surface area contributed by atoms with Crippen molar-refractivity contribution in [3.63, 3.8) is 0 Å². The molecule has 66 valence electrons. The van der Waals surface area contributed by atoms with Crippen molar-refractivity contribution in [2.45, 2.75) is 0 Å². The molecular weight excluding hydrogens is 195 g/mol. The Kier molecular flexibility index (Phi) is 1.81. The summed E-state index contributed by atoms with van der Waals surface area (Å²) in [5.74, 6) is -0.377. The van der Waals surface area contributed by atoms with Crippen LogP contribution in [0.1, 0.15) is 10.6 Å². The highest BCUT2D eigenvalue weighted by molar-refractivity contribution is 6.34. The van der Waals surface area contributed by atoms with Gasteiger partial charge < -0.3 is 4.42 Å². The first-order chi connectivity index (χ1) is 6.22. The first-order valence-electron chi connectivity index (χ1n) is 3.55. The predicted molar refractivity (Wildman–Crippen MR) is 46.6 cm³/mol. The van der Waals surface area contributed by atoms with Crippen molar-refractivity contribution in [2.75, 3.05) is 0 Å². The van der Waals surface area contributed by atoms with Crippen LogP contribution in [-0.4, -0.2) is 6.29 Å². The van der Waals surface area contributed by atoms with E-state index in [-0.39, 0.29) is 16.7 Å². The standard InChI is InChI=1S/C9H4ClFO2/c10-7-1-2-8(11)6-3-5(4-12)13-9(6)7/h1-4H. The molecule has 13 heavy (non-hydrogen) atoms. The maximum absolute atomic E-state index is 13.1. The maximum Gasteiger partial charge on any atom is 0.185 e. The lowest BCUT2D eigenvalue weighted by Gasteiger charge is -1.92.